The topological polar surface area (TPSA) is 319 Å². The van der Waals surface area contributed by atoms with E-state index < -0.39 is 90.6 Å². The van der Waals surface area contributed by atoms with E-state index in [2.05, 4.69) is 29.1 Å². The van der Waals surface area contributed by atoms with Crippen LogP contribution in [-0.2, 0) is 54.0 Å². The summed E-state index contributed by atoms with van der Waals surface area (Å²) in [6.07, 6.45) is 0. The highest BCUT2D eigenvalue weighted by Gasteiger charge is 2.25. The van der Waals surface area contributed by atoms with Gasteiger partial charge in [0.05, 0.1) is 44.8 Å². The summed E-state index contributed by atoms with van der Waals surface area (Å²) in [6.45, 7) is -0.936. The second kappa shape index (κ2) is 15.6. The van der Waals surface area contributed by atoms with Crippen LogP contribution >= 0.6 is 12.0 Å². The number of anilines is 1. The van der Waals surface area contributed by atoms with E-state index >= 15 is 0 Å². The Morgan fingerprint density at radius 2 is 1.46 bits per heavy atom. The third kappa shape index (κ3) is 9.35. The molecule has 0 aliphatic carbocycles. The standard InChI is InChI=1S/C29H23N3O17S5/c33-27-25-18(13-20(52(38,39)40)15-23(25)30-29(34)16-4-2-1-3-5-16)14-24(50-49-48-35)26(27)32-31-22-9-6-17-12-19(7-8-21(17)28(22)53(41,42)43)51(36,37)11-10-47-54(44,45)46/h1-9,12-15,33,35H,10-11H2,(H,30,34)(H,38,39,40)(H,41,42,43)(H,44,45,46). The minimum atomic E-state index is -5.17. The van der Waals surface area contributed by atoms with Crippen molar-refractivity contribution in [1.82, 2.24) is 0 Å². The zero-order valence-corrected chi connectivity index (χ0v) is 30.6. The number of carbonyl (C=O) groups is 1. The molecule has 0 spiro atoms. The van der Waals surface area contributed by atoms with Crippen LogP contribution in [0.2, 0.25) is 0 Å². The van der Waals surface area contributed by atoms with Gasteiger partial charge in [-0.2, -0.15) is 25.3 Å². The number of aromatic hydroxyl groups is 1. The Morgan fingerprint density at radius 1 is 0.778 bits per heavy atom. The van der Waals surface area contributed by atoms with Crippen LogP contribution in [0.1, 0.15) is 10.4 Å². The molecule has 0 saturated carbocycles. The van der Waals surface area contributed by atoms with Crippen molar-refractivity contribution in [3.8, 4) is 5.75 Å². The Morgan fingerprint density at radius 3 is 2.09 bits per heavy atom. The Hall–Kier alpha value is -4.64. The van der Waals surface area contributed by atoms with Gasteiger partial charge >= 0.3 is 10.4 Å². The molecule has 25 heteroatoms. The molecule has 0 aliphatic heterocycles. The van der Waals surface area contributed by atoms with Gasteiger partial charge in [-0.25, -0.2) is 17.9 Å². The van der Waals surface area contributed by atoms with Crippen molar-refractivity contribution in [2.45, 2.75) is 19.6 Å². The third-order valence-corrected chi connectivity index (χ3v) is 11.8. The molecule has 20 nitrogen and oxygen atoms in total. The number of nitrogens with one attached hydrogen (secondary N) is 1. The number of phenols is 1. The van der Waals surface area contributed by atoms with Gasteiger partial charge in [-0.3, -0.25) is 18.5 Å². The van der Waals surface area contributed by atoms with E-state index in [1.165, 1.54) is 18.2 Å². The lowest BCUT2D eigenvalue weighted by atomic mass is 10.1. The maximum absolute atomic E-state index is 13.1. The molecule has 5 rings (SSSR count). The lowest BCUT2D eigenvalue weighted by Gasteiger charge is -2.15. The first-order valence-corrected chi connectivity index (χ1v) is 21.0. The second-order valence-electron chi connectivity index (χ2n) is 10.7. The number of fused-ring (bicyclic) bond motifs is 2. The van der Waals surface area contributed by atoms with Crippen molar-refractivity contribution in [2.75, 3.05) is 17.7 Å². The van der Waals surface area contributed by atoms with Crippen molar-refractivity contribution in [3.05, 3.63) is 84.4 Å². The van der Waals surface area contributed by atoms with Crippen LogP contribution in [-0.4, -0.2) is 76.0 Å². The van der Waals surface area contributed by atoms with E-state index in [4.69, 9.17) is 9.81 Å². The van der Waals surface area contributed by atoms with Gasteiger partial charge in [0.25, 0.3) is 26.1 Å². The number of hydrogen-bond donors (Lipinski definition) is 6. The molecule has 0 aromatic heterocycles. The number of amides is 1. The minimum Gasteiger partial charge on any atom is -0.505 e. The first-order chi connectivity index (χ1) is 25.2. The maximum Gasteiger partial charge on any atom is 0.397 e. The summed E-state index contributed by atoms with van der Waals surface area (Å²) in [5, 5.41) is 33.4. The van der Waals surface area contributed by atoms with Crippen LogP contribution in [0, 0.1) is 0 Å². The molecule has 1 amide bonds. The van der Waals surface area contributed by atoms with Gasteiger partial charge in [-0.05, 0) is 59.3 Å². The van der Waals surface area contributed by atoms with Crippen molar-refractivity contribution >= 4 is 97.0 Å². The van der Waals surface area contributed by atoms with Gasteiger partial charge in [0, 0.05) is 16.3 Å². The maximum atomic E-state index is 13.1. The number of nitrogens with zero attached hydrogens (tertiary/aromatic N) is 2. The highest BCUT2D eigenvalue weighted by molar-refractivity contribution is 7.94. The molecule has 0 saturated heterocycles. The van der Waals surface area contributed by atoms with Crippen molar-refractivity contribution < 1.29 is 76.0 Å². The number of benzene rings is 5. The summed E-state index contributed by atoms with van der Waals surface area (Å²) in [4.78, 5) is 10.8. The summed E-state index contributed by atoms with van der Waals surface area (Å²) in [5.74, 6) is -2.49. The molecule has 0 radical (unpaired) electrons. The molecule has 54 heavy (non-hydrogen) atoms. The zero-order valence-electron chi connectivity index (χ0n) is 26.5. The average Bonchev–Trinajstić information content (AvgIpc) is 3.08. The average molecular weight is 846 g/mol. The third-order valence-electron chi connectivity index (χ3n) is 7.24. The van der Waals surface area contributed by atoms with Crippen LogP contribution in [0.4, 0.5) is 17.1 Å². The van der Waals surface area contributed by atoms with Crippen molar-refractivity contribution in [1.29, 1.82) is 0 Å². The monoisotopic (exact) mass is 845 g/mol. The van der Waals surface area contributed by atoms with E-state index in [1.54, 1.807) is 18.2 Å². The lowest BCUT2D eigenvalue weighted by molar-refractivity contribution is -0.432. The molecule has 0 heterocycles. The first-order valence-electron chi connectivity index (χ1n) is 14.3. The molecule has 0 atom stereocenters. The van der Waals surface area contributed by atoms with Crippen LogP contribution in [0.3, 0.4) is 0 Å². The quantitative estimate of drug-likeness (QED) is 0.0285. The Balaban J connectivity index is 1.66. The van der Waals surface area contributed by atoms with Crippen LogP contribution in [0.5, 0.6) is 5.75 Å². The molecule has 286 valence electrons. The van der Waals surface area contributed by atoms with Crippen LogP contribution < -0.4 is 5.32 Å². The Kier molecular flexibility index (Phi) is 11.7. The van der Waals surface area contributed by atoms with Gasteiger partial charge in [0.15, 0.2) is 15.6 Å². The summed E-state index contributed by atoms with van der Waals surface area (Å²) in [6, 6.07) is 15.6. The molecule has 0 bridgehead atoms. The van der Waals surface area contributed by atoms with Crippen molar-refractivity contribution in [3.63, 3.8) is 0 Å². The fourth-order valence-electron chi connectivity index (χ4n) is 4.99. The van der Waals surface area contributed by atoms with E-state index in [9.17, 15) is 52.7 Å². The largest absolute Gasteiger partial charge is 0.505 e. The molecule has 6 N–H and O–H groups in total. The zero-order chi connectivity index (χ0) is 39.6. The normalized spacial score (nSPS) is 12.8. The van der Waals surface area contributed by atoms with Crippen molar-refractivity contribution in [2.24, 2.45) is 10.2 Å². The lowest BCUT2D eigenvalue weighted by Crippen LogP contribution is -2.15. The summed E-state index contributed by atoms with van der Waals surface area (Å²) in [7, 11) is -19.2. The molecule has 5 aromatic carbocycles. The molecule has 0 fully saturated rings. The number of carbonyl (C=O) groups excluding carboxylic acids is 1. The molecular formula is C29H23N3O17S5. The number of sulfone groups is 1. The summed E-state index contributed by atoms with van der Waals surface area (Å²) < 4.78 is 134. The summed E-state index contributed by atoms with van der Waals surface area (Å²) >= 11 is 0.198. The smallest absolute Gasteiger partial charge is 0.397 e. The number of rotatable bonds is 14. The Bertz CT molecular complexity index is 2780. The highest BCUT2D eigenvalue weighted by atomic mass is 32.3. The van der Waals surface area contributed by atoms with Gasteiger partial charge < -0.3 is 10.4 Å². The number of phenolic OH excluding ortho intramolecular Hbond substituents is 1. The molecular weight excluding hydrogens is 823 g/mol. The molecule has 0 unspecified atom stereocenters. The summed E-state index contributed by atoms with van der Waals surface area (Å²) in [5.41, 5.74) is -1.34. The van der Waals surface area contributed by atoms with E-state index in [1.807, 2.05) is 0 Å². The van der Waals surface area contributed by atoms with Crippen LogP contribution in [0.15, 0.2) is 109 Å². The SMILES string of the molecule is O=C(Nc1cc(S(=O)(=O)O)cc2cc(SOOO)c(N=Nc3ccc4cc(S(=O)(=O)CCOS(=O)(=O)O)ccc4c3S(=O)(=O)O)c(O)c12)c1ccccc1. The number of azo groups is 1. The number of hydrogen-bond acceptors (Lipinski definition) is 17. The minimum absolute atomic E-state index is 0.0647. The predicted molar refractivity (Wildman–Crippen MR) is 188 cm³/mol. The first kappa shape index (κ1) is 40.5. The Labute approximate surface area is 309 Å². The van der Waals surface area contributed by atoms with E-state index in [0.29, 0.717) is 0 Å². The van der Waals surface area contributed by atoms with Gasteiger partial charge in [0.1, 0.15) is 16.3 Å². The van der Waals surface area contributed by atoms with Gasteiger partial charge in [-0.15, -0.1) is 14.6 Å². The van der Waals surface area contributed by atoms with Crippen LogP contribution in [0.25, 0.3) is 21.5 Å². The van der Waals surface area contributed by atoms with Gasteiger partial charge in [0.2, 0.25) is 0 Å². The van der Waals surface area contributed by atoms with Gasteiger partial charge in [-0.1, -0.05) is 35.4 Å². The molecule has 0 aliphatic rings. The fourth-order valence-corrected chi connectivity index (χ4v) is 8.38. The predicted octanol–water partition coefficient (Wildman–Crippen LogP) is 4.88. The highest BCUT2D eigenvalue weighted by Crippen LogP contribution is 2.47. The second-order valence-corrected chi connectivity index (χ2v) is 17.4. The van der Waals surface area contributed by atoms with E-state index in [-0.39, 0.29) is 49.7 Å². The fraction of sp³-hybridized carbons (Fsp3) is 0.0690. The molecule has 5 aromatic rings. The van der Waals surface area contributed by atoms with E-state index in [0.717, 1.165) is 42.5 Å².